The Morgan fingerprint density at radius 3 is 2.41 bits per heavy atom. The van der Waals surface area contributed by atoms with Crippen LogP contribution < -0.4 is 5.32 Å². The SMILES string of the molecule is O=C(CN1C(=O)SC(=Cc2ccc(Cl)cc2)C1=O)Nc1ccccc1C(F)(F)F. The van der Waals surface area contributed by atoms with Gasteiger partial charge in [-0.1, -0.05) is 35.9 Å². The van der Waals surface area contributed by atoms with Gasteiger partial charge in [-0.25, -0.2) is 0 Å². The number of halogens is 4. The normalized spacial score (nSPS) is 15.9. The van der Waals surface area contributed by atoms with Crippen molar-refractivity contribution in [1.82, 2.24) is 4.90 Å². The van der Waals surface area contributed by atoms with E-state index in [-0.39, 0.29) is 4.91 Å². The molecule has 0 saturated carbocycles. The molecule has 0 aromatic heterocycles. The number of benzene rings is 2. The van der Waals surface area contributed by atoms with Gasteiger partial charge in [-0.15, -0.1) is 0 Å². The summed E-state index contributed by atoms with van der Waals surface area (Å²) in [6.07, 6.45) is -3.19. The summed E-state index contributed by atoms with van der Waals surface area (Å²) in [5, 5.41) is 1.93. The maximum absolute atomic E-state index is 13.0. The number of hydrogen-bond donors (Lipinski definition) is 1. The molecule has 1 aliphatic rings. The molecule has 0 atom stereocenters. The van der Waals surface area contributed by atoms with E-state index >= 15 is 0 Å². The number of amides is 3. The lowest BCUT2D eigenvalue weighted by atomic mass is 10.1. The Kier molecular flexibility index (Phi) is 5.99. The van der Waals surface area contributed by atoms with Crippen molar-refractivity contribution in [2.45, 2.75) is 6.18 Å². The molecule has 5 nitrogen and oxygen atoms in total. The number of rotatable bonds is 4. The van der Waals surface area contributed by atoms with Gasteiger partial charge in [0.05, 0.1) is 16.2 Å². The van der Waals surface area contributed by atoms with Gasteiger partial charge in [0.25, 0.3) is 11.1 Å². The standard InChI is InChI=1S/C19H12ClF3N2O3S/c20-12-7-5-11(6-8-12)9-15-17(27)25(18(28)29-15)10-16(26)24-14-4-2-1-3-13(14)19(21,22)23/h1-9H,10H2,(H,24,26). The highest BCUT2D eigenvalue weighted by Crippen LogP contribution is 2.35. The molecular formula is C19H12ClF3N2O3S. The Hall–Kier alpha value is -2.78. The lowest BCUT2D eigenvalue weighted by molar-refractivity contribution is -0.137. The van der Waals surface area contributed by atoms with Gasteiger partial charge in [-0.05, 0) is 47.7 Å². The van der Waals surface area contributed by atoms with E-state index < -0.39 is 41.0 Å². The molecule has 3 rings (SSSR count). The molecule has 1 fully saturated rings. The summed E-state index contributed by atoms with van der Waals surface area (Å²) in [6, 6.07) is 11.0. The number of carbonyl (C=O) groups excluding carboxylic acids is 3. The van der Waals surface area contributed by atoms with Crippen LogP contribution in [0.1, 0.15) is 11.1 Å². The molecule has 0 bridgehead atoms. The molecule has 1 aliphatic heterocycles. The molecule has 29 heavy (non-hydrogen) atoms. The summed E-state index contributed by atoms with van der Waals surface area (Å²) in [6.45, 7) is -0.700. The molecule has 0 spiro atoms. The molecule has 150 valence electrons. The van der Waals surface area contributed by atoms with Crippen LogP contribution in [0.3, 0.4) is 0 Å². The van der Waals surface area contributed by atoms with E-state index in [2.05, 4.69) is 5.32 Å². The number of thioether (sulfide) groups is 1. The van der Waals surface area contributed by atoms with Crippen molar-refractivity contribution in [3.63, 3.8) is 0 Å². The largest absolute Gasteiger partial charge is 0.418 e. The van der Waals surface area contributed by atoms with Crippen LogP contribution in [0.5, 0.6) is 0 Å². The van der Waals surface area contributed by atoms with Crippen LogP contribution in [-0.4, -0.2) is 28.5 Å². The van der Waals surface area contributed by atoms with E-state index in [1.165, 1.54) is 18.2 Å². The number of anilines is 1. The molecule has 0 unspecified atom stereocenters. The topological polar surface area (TPSA) is 66.5 Å². The van der Waals surface area contributed by atoms with Crippen molar-refractivity contribution in [2.75, 3.05) is 11.9 Å². The van der Waals surface area contributed by atoms with Crippen molar-refractivity contribution in [3.8, 4) is 0 Å². The first-order chi connectivity index (χ1) is 13.6. The van der Waals surface area contributed by atoms with Gasteiger partial charge in [0, 0.05) is 5.02 Å². The van der Waals surface area contributed by atoms with E-state index in [9.17, 15) is 27.6 Å². The van der Waals surface area contributed by atoms with Crippen molar-refractivity contribution in [1.29, 1.82) is 0 Å². The number of alkyl halides is 3. The number of carbonyl (C=O) groups is 3. The zero-order chi connectivity index (χ0) is 21.2. The minimum Gasteiger partial charge on any atom is -0.324 e. The van der Waals surface area contributed by atoms with Crippen LogP contribution >= 0.6 is 23.4 Å². The predicted molar refractivity (Wildman–Crippen MR) is 104 cm³/mol. The number of hydrogen-bond acceptors (Lipinski definition) is 4. The molecule has 1 heterocycles. The quantitative estimate of drug-likeness (QED) is 0.677. The summed E-state index contributed by atoms with van der Waals surface area (Å²) in [5.74, 6) is -1.62. The smallest absolute Gasteiger partial charge is 0.324 e. The molecular weight excluding hydrogens is 429 g/mol. The molecule has 0 aliphatic carbocycles. The van der Waals surface area contributed by atoms with Crippen molar-refractivity contribution in [3.05, 3.63) is 69.6 Å². The monoisotopic (exact) mass is 440 g/mol. The van der Waals surface area contributed by atoms with Gasteiger partial charge in [0.15, 0.2) is 0 Å². The fraction of sp³-hybridized carbons (Fsp3) is 0.105. The van der Waals surface area contributed by atoms with Crippen molar-refractivity contribution in [2.24, 2.45) is 0 Å². The number of imide groups is 1. The Bertz CT molecular complexity index is 1010. The second-order valence-electron chi connectivity index (χ2n) is 5.91. The lowest BCUT2D eigenvalue weighted by Crippen LogP contribution is -2.36. The number of nitrogens with zero attached hydrogens (tertiary/aromatic N) is 1. The zero-order valence-electron chi connectivity index (χ0n) is 14.5. The first-order valence-corrected chi connectivity index (χ1v) is 9.31. The van der Waals surface area contributed by atoms with Gasteiger partial charge in [-0.2, -0.15) is 13.2 Å². The van der Waals surface area contributed by atoms with Gasteiger partial charge in [0.2, 0.25) is 5.91 Å². The molecule has 1 N–H and O–H groups in total. The summed E-state index contributed by atoms with van der Waals surface area (Å²) in [7, 11) is 0. The fourth-order valence-electron chi connectivity index (χ4n) is 2.52. The minimum atomic E-state index is -4.66. The first kappa shape index (κ1) is 20.9. The summed E-state index contributed by atoms with van der Waals surface area (Å²) in [5.41, 5.74) is -0.845. The second kappa shape index (κ2) is 8.30. The first-order valence-electron chi connectivity index (χ1n) is 8.12. The third-order valence-corrected chi connectivity index (χ3v) is 5.01. The summed E-state index contributed by atoms with van der Waals surface area (Å²) >= 11 is 6.44. The second-order valence-corrected chi connectivity index (χ2v) is 7.34. The van der Waals surface area contributed by atoms with Gasteiger partial charge >= 0.3 is 6.18 Å². The van der Waals surface area contributed by atoms with Crippen LogP contribution in [0.25, 0.3) is 6.08 Å². The van der Waals surface area contributed by atoms with Crippen LogP contribution in [-0.2, 0) is 15.8 Å². The molecule has 10 heteroatoms. The molecule has 1 saturated heterocycles. The van der Waals surface area contributed by atoms with Crippen molar-refractivity contribution >= 4 is 52.2 Å². The van der Waals surface area contributed by atoms with Gasteiger partial charge in [-0.3, -0.25) is 19.3 Å². The van der Waals surface area contributed by atoms with Crippen LogP contribution in [0.15, 0.2) is 53.4 Å². The van der Waals surface area contributed by atoms with Crippen molar-refractivity contribution < 1.29 is 27.6 Å². The Labute approximate surface area is 172 Å². The molecule has 2 aromatic carbocycles. The van der Waals surface area contributed by atoms with E-state index in [0.29, 0.717) is 27.2 Å². The lowest BCUT2D eigenvalue weighted by Gasteiger charge is -2.15. The van der Waals surface area contributed by atoms with Gasteiger partial charge < -0.3 is 5.32 Å². The highest BCUT2D eigenvalue weighted by atomic mass is 35.5. The third-order valence-electron chi connectivity index (χ3n) is 3.85. The Balaban J connectivity index is 1.72. The van der Waals surface area contributed by atoms with Crippen LogP contribution in [0.2, 0.25) is 5.02 Å². The number of para-hydroxylation sites is 1. The van der Waals surface area contributed by atoms with Crippen LogP contribution in [0.4, 0.5) is 23.7 Å². The third kappa shape index (κ3) is 4.99. The average molecular weight is 441 g/mol. The van der Waals surface area contributed by atoms with E-state index in [1.807, 2.05) is 0 Å². The highest BCUT2D eigenvalue weighted by molar-refractivity contribution is 8.18. The van der Waals surface area contributed by atoms with E-state index in [4.69, 9.17) is 11.6 Å². The molecule has 0 radical (unpaired) electrons. The Morgan fingerprint density at radius 1 is 1.10 bits per heavy atom. The predicted octanol–water partition coefficient (Wildman–Crippen LogP) is 5.03. The summed E-state index contributed by atoms with van der Waals surface area (Å²) < 4.78 is 39.1. The highest BCUT2D eigenvalue weighted by Gasteiger charge is 2.37. The average Bonchev–Trinajstić information content (AvgIpc) is 2.90. The zero-order valence-corrected chi connectivity index (χ0v) is 16.1. The number of nitrogens with one attached hydrogen (secondary N) is 1. The summed E-state index contributed by atoms with van der Waals surface area (Å²) in [4.78, 5) is 37.5. The molecule has 2 aromatic rings. The Morgan fingerprint density at radius 2 is 1.76 bits per heavy atom. The van der Waals surface area contributed by atoms with E-state index in [1.54, 1.807) is 24.3 Å². The maximum Gasteiger partial charge on any atom is 0.418 e. The maximum atomic E-state index is 13.0. The molecule has 3 amide bonds. The van der Waals surface area contributed by atoms with Crippen LogP contribution in [0, 0.1) is 0 Å². The minimum absolute atomic E-state index is 0.0980. The van der Waals surface area contributed by atoms with Gasteiger partial charge in [0.1, 0.15) is 6.54 Å². The van der Waals surface area contributed by atoms with E-state index in [0.717, 1.165) is 12.1 Å². The fourth-order valence-corrected chi connectivity index (χ4v) is 3.48.